The number of H-pyrrole nitrogens is 2. The first-order valence-electron chi connectivity index (χ1n) is 8.14. The van der Waals surface area contributed by atoms with Crippen LogP contribution in [0, 0.1) is 0 Å². The molecule has 1 aromatic carbocycles. The zero-order valence-corrected chi connectivity index (χ0v) is 13.9. The standard InChI is InChI=1S/C17H16N4O5/c1-2-5-18-16(23)14-15-19-10(7-13(22)21(15)20-17(14)24)9-3-4-11-12(6-9)26-8-25-11/h3-4,6-7,19H,2,5,8H2,1H3,(H,18,23)(H,20,24). The lowest BCUT2D eigenvalue weighted by molar-refractivity contribution is 0.0954. The fraction of sp³-hybridized carbons (Fsp3) is 0.235. The van der Waals surface area contributed by atoms with Crippen LogP contribution in [0.1, 0.15) is 23.7 Å². The highest BCUT2D eigenvalue weighted by molar-refractivity contribution is 5.99. The minimum absolute atomic E-state index is 0.115. The molecule has 9 nitrogen and oxygen atoms in total. The summed E-state index contributed by atoms with van der Waals surface area (Å²) in [5.41, 5.74) is 0.0222. The second kappa shape index (κ2) is 6.10. The molecule has 0 fully saturated rings. The predicted molar refractivity (Wildman–Crippen MR) is 92.8 cm³/mol. The van der Waals surface area contributed by atoms with Crippen LogP contribution in [-0.2, 0) is 0 Å². The number of fused-ring (bicyclic) bond motifs is 2. The van der Waals surface area contributed by atoms with Crippen LogP contribution in [0.25, 0.3) is 16.9 Å². The normalized spacial score (nSPS) is 12.5. The minimum atomic E-state index is -0.630. The van der Waals surface area contributed by atoms with Crippen LogP contribution in [0.15, 0.2) is 33.9 Å². The molecule has 3 N–H and O–H groups in total. The molecule has 0 saturated carbocycles. The molecule has 3 aromatic rings. The SMILES string of the molecule is CCCNC(=O)c1c(=O)[nH]n2c(=O)cc(-c3ccc4c(c3)OCO4)[nH]c12. The van der Waals surface area contributed by atoms with Crippen molar-refractivity contribution in [2.75, 3.05) is 13.3 Å². The Morgan fingerprint density at radius 1 is 1.23 bits per heavy atom. The van der Waals surface area contributed by atoms with E-state index in [2.05, 4.69) is 15.4 Å². The molecule has 0 atom stereocenters. The van der Waals surface area contributed by atoms with Gasteiger partial charge in [0.05, 0.1) is 5.69 Å². The zero-order chi connectivity index (χ0) is 18.3. The fourth-order valence-electron chi connectivity index (χ4n) is 2.83. The summed E-state index contributed by atoms with van der Waals surface area (Å²) in [5, 5.41) is 5.03. The third kappa shape index (κ3) is 2.53. The molecule has 1 amide bonds. The summed E-state index contributed by atoms with van der Waals surface area (Å²) < 4.78 is 11.7. The van der Waals surface area contributed by atoms with E-state index in [-0.39, 0.29) is 18.0 Å². The maximum atomic E-state index is 12.4. The second-order valence-electron chi connectivity index (χ2n) is 5.85. The number of carbonyl (C=O) groups excluding carboxylic acids is 1. The first-order chi connectivity index (χ1) is 12.6. The van der Waals surface area contributed by atoms with Gasteiger partial charge in [-0.15, -0.1) is 0 Å². The van der Waals surface area contributed by atoms with E-state index < -0.39 is 17.0 Å². The van der Waals surface area contributed by atoms with Crippen molar-refractivity contribution >= 4 is 11.6 Å². The summed E-state index contributed by atoms with van der Waals surface area (Å²) in [6.07, 6.45) is 0.731. The number of nitrogens with one attached hydrogen (secondary N) is 3. The van der Waals surface area contributed by atoms with Crippen LogP contribution in [0.2, 0.25) is 0 Å². The third-order valence-corrected chi connectivity index (χ3v) is 4.09. The average Bonchev–Trinajstić information content (AvgIpc) is 3.22. The van der Waals surface area contributed by atoms with Crippen LogP contribution in [-0.4, -0.2) is 33.8 Å². The molecular formula is C17H16N4O5. The van der Waals surface area contributed by atoms with Crippen molar-refractivity contribution in [1.29, 1.82) is 0 Å². The van der Waals surface area contributed by atoms with E-state index in [0.29, 0.717) is 29.3 Å². The summed E-state index contributed by atoms with van der Waals surface area (Å²) in [7, 11) is 0. The van der Waals surface area contributed by atoms with Gasteiger partial charge in [-0.2, -0.15) is 4.52 Å². The highest BCUT2D eigenvalue weighted by Gasteiger charge is 2.20. The van der Waals surface area contributed by atoms with E-state index >= 15 is 0 Å². The minimum Gasteiger partial charge on any atom is -0.454 e. The Bertz CT molecular complexity index is 1120. The fourth-order valence-corrected chi connectivity index (χ4v) is 2.83. The zero-order valence-electron chi connectivity index (χ0n) is 13.9. The van der Waals surface area contributed by atoms with Crippen molar-refractivity contribution in [2.45, 2.75) is 13.3 Å². The van der Waals surface area contributed by atoms with Gasteiger partial charge in [0.1, 0.15) is 5.56 Å². The molecule has 1 aliphatic rings. The number of nitrogens with zero attached hydrogens (tertiary/aromatic N) is 1. The Kier molecular flexibility index (Phi) is 3.76. The summed E-state index contributed by atoms with van der Waals surface area (Å²) in [5.74, 6) is 0.652. The number of hydrogen-bond acceptors (Lipinski definition) is 5. The van der Waals surface area contributed by atoms with E-state index in [1.807, 2.05) is 6.92 Å². The number of hydrogen-bond donors (Lipinski definition) is 3. The average molecular weight is 356 g/mol. The molecule has 0 radical (unpaired) electrons. The summed E-state index contributed by atoms with van der Waals surface area (Å²) >= 11 is 0. The van der Waals surface area contributed by atoms with Gasteiger partial charge in [0.2, 0.25) is 6.79 Å². The number of amides is 1. The van der Waals surface area contributed by atoms with Crippen molar-refractivity contribution in [1.82, 2.24) is 19.9 Å². The summed E-state index contributed by atoms with van der Waals surface area (Å²) in [6.45, 7) is 2.48. The van der Waals surface area contributed by atoms with E-state index in [1.165, 1.54) is 6.07 Å². The molecule has 0 bridgehead atoms. The highest BCUT2D eigenvalue weighted by Crippen LogP contribution is 2.35. The van der Waals surface area contributed by atoms with Crippen molar-refractivity contribution in [3.8, 4) is 22.8 Å². The molecule has 26 heavy (non-hydrogen) atoms. The van der Waals surface area contributed by atoms with Crippen molar-refractivity contribution in [3.63, 3.8) is 0 Å². The quantitative estimate of drug-likeness (QED) is 0.641. The van der Waals surface area contributed by atoms with E-state index in [4.69, 9.17) is 9.47 Å². The number of aromatic nitrogens is 3. The van der Waals surface area contributed by atoms with Gasteiger partial charge in [-0.1, -0.05) is 6.92 Å². The van der Waals surface area contributed by atoms with Gasteiger partial charge in [0, 0.05) is 18.2 Å². The largest absolute Gasteiger partial charge is 0.454 e. The molecule has 0 aliphatic carbocycles. The lowest BCUT2D eigenvalue weighted by Gasteiger charge is -2.06. The van der Waals surface area contributed by atoms with Gasteiger partial charge in [-0.3, -0.25) is 19.5 Å². The van der Waals surface area contributed by atoms with Gasteiger partial charge in [0.25, 0.3) is 17.0 Å². The number of rotatable bonds is 4. The van der Waals surface area contributed by atoms with Crippen molar-refractivity contribution in [3.05, 3.63) is 50.5 Å². The summed E-state index contributed by atoms with van der Waals surface area (Å²) in [4.78, 5) is 39.9. The van der Waals surface area contributed by atoms with E-state index in [1.54, 1.807) is 18.2 Å². The van der Waals surface area contributed by atoms with Gasteiger partial charge in [-0.25, -0.2) is 0 Å². The molecule has 4 rings (SSSR count). The molecule has 1 aliphatic heterocycles. The third-order valence-electron chi connectivity index (χ3n) is 4.09. The molecule has 0 spiro atoms. The maximum absolute atomic E-state index is 12.4. The van der Waals surface area contributed by atoms with E-state index in [9.17, 15) is 14.4 Å². The van der Waals surface area contributed by atoms with Gasteiger partial charge >= 0.3 is 0 Å². The Balaban J connectivity index is 1.86. The Morgan fingerprint density at radius 3 is 2.85 bits per heavy atom. The monoisotopic (exact) mass is 356 g/mol. The molecule has 0 unspecified atom stereocenters. The smallest absolute Gasteiger partial charge is 0.279 e. The number of carbonyl (C=O) groups is 1. The first-order valence-corrected chi connectivity index (χ1v) is 8.14. The predicted octanol–water partition coefficient (Wildman–Crippen LogP) is 0.851. The Labute approximate surface area is 146 Å². The van der Waals surface area contributed by atoms with Crippen LogP contribution >= 0.6 is 0 Å². The highest BCUT2D eigenvalue weighted by atomic mass is 16.7. The van der Waals surface area contributed by atoms with E-state index in [0.717, 1.165) is 10.9 Å². The van der Waals surface area contributed by atoms with Crippen LogP contribution in [0.4, 0.5) is 0 Å². The molecular weight excluding hydrogens is 340 g/mol. The van der Waals surface area contributed by atoms with Gasteiger partial charge in [0.15, 0.2) is 17.1 Å². The second-order valence-corrected chi connectivity index (χ2v) is 5.85. The van der Waals surface area contributed by atoms with Crippen LogP contribution in [0.5, 0.6) is 11.5 Å². The number of ether oxygens (including phenoxy) is 2. The maximum Gasteiger partial charge on any atom is 0.279 e. The van der Waals surface area contributed by atoms with Gasteiger partial charge < -0.3 is 19.8 Å². The Morgan fingerprint density at radius 2 is 2.04 bits per heavy atom. The van der Waals surface area contributed by atoms with Crippen LogP contribution < -0.4 is 25.9 Å². The Hall–Kier alpha value is -3.49. The van der Waals surface area contributed by atoms with Crippen molar-refractivity contribution in [2.24, 2.45) is 0 Å². The molecule has 0 saturated heterocycles. The lowest BCUT2D eigenvalue weighted by atomic mass is 10.1. The molecule has 134 valence electrons. The van der Waals surface area contributed by atoms with Crippen molar-refractivity contribution < 1.29 is 14.3 Å². The van der Waals surface area contributed by atoms with Gasteiger partial charge in [-0.05, 0) is 24.6 Å². The topological polar surface area (TPSA) is 118 Å². The number of aromatic amines is 2. The first kappa shape index (κ1) is 16.0. The summed E-state index contributed by atoms with van der Waals surface area (Å²) in [6, 6.07) is 6.56. The number of benzene rings is 1. The molecule has 9 heteroatoms. The molecule has 2 aromatic heterocycles. The molecule has 3 heterocycles. The van der Waals surface area contributed by atoms with Crippen LogP contribution in [0.3, 0.4) is 0 Å². The lowest BCUT2D eigenvalue weighted by Crippen LogP contribution is -2.28.